The Hall–Kier alpha value is 0.910. The third kappa shape index (κ3) is 3.90. The number of hydrogen-bond donors (Lipinski definition) is 0. The standard InChI is InChI=1S/C9H21BrP/c1-4-11(5-2,6-3)9-7-8-10/h4-9H2,1-3H3/q+1. The Balaban J connectivity index is 3.84. The van der Waals surface area contributed by atoms with Crippen molar-refractivity contribution < 1.29 is 0 Å². The van der Waals surface area contributed by atoms with Gasteiger partial charge < -0.3 is 0 Å². The highest BCUT2D eigenvalue weighted by molar-refractivity contribution is 9.09. The van der Waals surface area contributed by atoms with Gasteiger partial charge in [-0.05, 0) is 27.2 Å². The lowest BCUT2D eigenvalue weighted by Crippen LogP contribution is -2.07. The molecule has 0 saturated heterocycles. The normalized spacial score (nSPS) is 12.0. The molecule has 0 N–H and O–H groups in total. The van der Waals surface area contributed by atoms with Crippen molar-refractivity contribution in [1.82, 2.24) is 0 Å². The maximum Gasteiger partial charge on any atom is 0.0602 e. The summed E-state index contributed by atoms with van der Waals surface area (Å²) < 4.78 is 0. The zero-order valence-electron chi connectivity index (χ0n) is 8.07. The van der Waals surface area contributed by atoms with E-state index in [1.165, 1.54) is 36.4 Å². The van der Waals surface area contributed by atoms with E-state index < -0.39 is 7.26 Å². The second kappa shape index (κ2) is 6.43. The van der Waals surface area contributed by atoms with Gasteiger partial charge in [0.15, 0.2) is 0 Å². The molecule has 0 fully saturated rings. The highest BCUT2D eigenvalue weighted by atomic mass is 79.9. The van der Waals surface area contributed by atoms with Gasteiger partial charge in [0.2, 0.25) is 0 Å². The van der Waals surface area contributed by atoms with Gasteiger partial charge >= 0.3 is 0 Å². The van der Waals surface area contributed by atoms with E-state index in [4.69, 9.17) is 0 Å². The summed E-state index contributed by atoms with van der Waals surface area (Å²) in [7, 11) is -0.485. The average Bonchev–Trinajstić information content (AvgIpc) is 2.08. The summed E-state index contributed by atoms with van der Waals surface area (Å²) in [5, 5.41) is 1.19. The highest BCUT2D eigenvalue weighted by Crippen LogP contribution is 2.58. The van der Waals surface area contributed by atoms with Gasteiger partial charge in [-0.3, -0.25) is 0 Å². The molecule has 0 unspecified atom stereocenters. The monoisotopic (exact) mass is 239 g/mol. The third-order valence-electron chi connectivity index (χ3n) is 2.78. The van der Waals surface area contributed by atoms with Crippen LogP contribution in [0.5, 0.6) is 0 Å². The number of halogens is 1. The summed E-state index contributed by atoms with van der Waals surface area (Å²) >= 11 is 3.51. The van der Waals surface area contributed by atoms with Gasteiger partial charge in [0.1, 0.15) is 0 Å². The maximum atomic E-state index is 3.51. The Morgan fingerprint density at radius 2 is 1.45 bits per heavy atom. The fourth-order valence-corrected chi connectivity index (χ4v) is 5.37. The Bertz CT molecular complexity index is 81.3. The van der Waals surface area contributed by atoms with Crippen LogP contribution in [0.1, 0.15) is 27.2 Å². The molecule has 11 heavy (non-hydrogen) atoms. The molecule has 0 saturated carbocycles. The predicted molar refractivity (Wildman–Crippen MR) is 61.8 cm³/mol. The van der Waals surface area contributed by atoms with Crippen LogP contribution >= 0.6 is 23.2 Å². The van der Waals surface area contributed by atoms with E-state index in [1.54, 1.807) is 0 Å². The number of alkyl halides is 1. The van der Waals surface area contributed by atoms with Crippen LogP contribution in [0, 0.1) is 0 Å². The van der Waals surface area contributed by atoms with Crippen LogP contribution in [0.15, 0.2) is 0 Å². The van der Waals surface area contributed by atoms with E-state index in [0.717, 1.165) is 0 Å². The van der Waals surface area contributed by atoms with Crippen molar-refractivity contribution in [3.8, 4) is 0 Å². The van der Waals surface area contributed by atoms with E-state index in [2.05, 4.69) is 36.7 Å². The molecule has 0 aromatic carbocycles. The molecule has 0 radical (unpaired) electrons. The van der Waals surface area contributed by atoms with Crippen molar-refractivity contribution in [2.75, 3.05) is 30.0 Å². The summed E-state index contributed by atoms with van der Waals surface area (Å²) in [6, 6.07) is 0. The molecule has 0 amide bonds. The summed E-state index contributed by atoms with van der Waals surface area (Å²) in [5.74, 6) is 0. The van der Waals surface area contributed by atoms with Crippen LogP contribution in [-0.2, 0) is 0 Å². The zero-order valence-corrected chi connectivity index (χ0v) is 10.5. The van der Waals surface area contributed by atoms with Gasteiger partial charge in [0.25, 0.3) is 0 Å². The minimum absolute atomic E-state index is 0.485. The SMILES string of the molecule is CC[P+](CC)(CC)CCCBr. The Morgan fingerprint density at radius 3 is 1.73 bits per heavy atom. The van der Waals surface area contributed by atoms with Crippen LogP contribution in [0.2, 0.25) is 0 Å². The molecule has 0 aromatic heterocycles. The van der Waals surface area contributed by atoms with E-state index in [0.29, 0.717) is 0 Å². The predicted octanol–water partition coefficient (Wildman–Crippen LogP) is 3.85. The molecule has 0 bridgehead atoms. The van der Waals surface area contributed by atoms with Crippen molar-refractivity contribution in [2.24, 2.45) is 0 Å². The molecular weight excluding hydrogens is 219 g/mol. The molecule has 0 aliphatic rings. The van der Waals surface area contributed by atoms with E-state index in [1.807, 2.05) is 0 Å². The van der Waals surface area contributed by atoms with Gasteiger partial charge in [-0.15, -0.1) is 0 Å². The molecular formula is C9H21BrP+. The van der Waals surface area contributed by atoms with Crippen LogP contribution in [0.3, 0.4) is 0 Å². The summed E-state index contributed by atoms with van der Waals surface area (Å²) in [6.07, 6.45) is 7.23. The smallest absolute Gasteiger partial charge is 0.0602 e. The first-order valence-electron chi connectivity index (χ1n) is 4.65. The molecule has 0 aromatic rings. The van der Waals surface area contributed by atoms with Crippen molar-refractivity contribution in [3.05, 3.63) is 0 Å². The molecule has 2 heteroatoms. The summed E-state index contributed by atoms with van der Waals surface area (Å²) in [5.41, 5.74) is 0. The van der Waals surface area contributed by atoms with Gasteiger partial charge in [-0.25, -0.2) is 0 Å². The van der Waals surface area contributed by atoms with E-state index in [-0.39, 0.29) is 0 Å². The van der Waals surface area contributed by atoms with E-state index >= 15 is 0 Å². The fraction of sp³-hybridized carbons (Fsp3) is 1.00. The Kier molecular flexibility index (Phi) is 6.96. The molecule has 0 atom stereocenters. The lowest BCUT2D eigenvalue weighted by Gasteiger charge is -2.22. The lowest BCUT2D eigenvalue weighted by atomic mass is 10.6. The first-order chi connectivity index (χ1) is 5.24. The van der Waals surface area contributed by atoms with Crippen molar-refractivity contribution in [3.63, 3.8) is 0 Å². The molecule has 0 aliphatic heterocycles. The lowest BCUT2D eigenvalue weighted by molar-refractivity contribution is 1.09. The Labute approximate surface area is 80.6 Å². The van der Waals surface area contributed by atoms with E-state index in [9.17, 15) is 0 Å². The average molecular weight is 240 g/mol. The van der Waals surface area contributed by atoms with Crippen LogP contribution in [0.25, 0.3) is 0 Å². The minimum atomic E-state index is -0.485. The summed E-state index contributed by atoms with van der Waals surface area (Å²) in [4.78, 5) is 0. The fourth-order valence-electron chi connectivity index (χ4n) is 1.54. The second-order valence-corrected chi connectivity index (χ2v) is 8.88. The van der Waals surface area contributed by atoms with Crippen molar-refractivity contribution >= 4 is 23.2 Å². The topological polar surface area (TPSA) is 0 Å². The molecule has 68 valence electrons. The van der Waals surface area contributed by atoms with Crippen molar-refractivity contribution in [2.45, 2.75) is 27.2 Å². The summed E-state index contributed by atoms with van der Waals surface area (Å²) in [6.45, 7) is 7.11. The van der Waals surface area contributed by atoms with Crippen molar-refractivity contribution in [1.29, 1.82) is 0 Å². The highest BCUT2D eigenvalue weighted by Gasteiger charge is 2.29. The Morgan fingerprint density at radius 1 is 1.00 bits per heavy atom. The quantitative estimate of drug-likeness (QED) is 0.488. The van der Waals surface area contributed by atoms with Gasteiger partial charge in [-0.1, -0.05) is 15.9 Å². The van der Waals surface area contributed by atoms with Gasteiger partial charge in [-0.2, -0.15) is 0 Å². The molecule has 0 aliphatic carbocycles. The maximum absolute atomic E-state index is 3.51. The first-order valence-corrected chi connectivity index (χ1v) is 8.30. The zero-order chi connectivity index (χ0) is 8.74. The van der Waals surface area contributed by atoms with Gasteiger partial charge in [0, 0.05) is 12.6 Å². The molecule has 0 heterocycles. The second-order valence-electron chi connectivity index (χ2n) is 3.06. The largest absolute Gasteiger partial charge is 0.0927 e. The van der Waals surface area contributed by atoms with Crippen LogP contribution in [-0.4, -0.2) is 30.0 Å². The molecule has 0 nitrogen and oxygen atoms in total. The first kappa shape index (κ1) is 11.9. The molecule has 0 spiro atoms. The van der Waals surface area contributed by atoms with Crippen LogP contribution < -0.4 is 0 Å². The van der Waals surface area contributed by atoms with Gasteiger partial charge in [0.05, 0.1) is 24.6 Å². The number of hydrogen-bond acceptors (Lipinski definition) is 0. The minimum Gasteiger partial charge on any atom is -0.0927 e. The molecule has 0 rings (SSSR count). The number of rotatable bonds is 6. The van der Waals surface area contributed by atoms with Crippen LogP contribution in [0.4, 0.5) is 0 Å². The third-order valence-corrected chi connectivity index (χ3v) is 8.63.